The molecule has 6 nitrogen and oxygen atoms in total. The highest BCUT2D eigenvalue weighted by Crippen LogP contribution is 2.29. The van der Waals surface area contributed by atoms with Crippen molar-refractivity contribution in [3.8, 4) is 22.9 Å². The first-order chi connectivity index (χ1) is 18.5. The minimum atomic E-state index is -0.400. The zero-order valence-electron chi connectivity index (χ0n) is 20.8. The lowest BCUT2D eigenvalue weighted by Crippen LogP contribution is -2.02. The number of allylic oxidation sites excluding steroid dienone is 2. The summed E-state index contributed by atoms with van der Waals surface area (Å²) in [5.74, 6) is 0.589. The molecule has 6 heteroatoms. The maximum Gasteiger partial charge on any atom is 0.347 e. The van der Waals surface area contributed by atoms with Crippen LogP contribution in [-0.2, 0) is 0 Å². The summed E-state index contributed by atoms with van der Waals surface area (Å²) < 4.78 is 10.9. The Morgan fingerprint density at radius 2 is 0.895 bits per heavy atom. The second-order valence-corrected chi connectivity index (χ2v) is 9.05. The Kier molecular flexibility index (Phi) is 5.77. The molecule has 0 fully saturated rings. The van der Waals surface area contributed by atoms with Crippen LogP contribution >= 0.6 is 0 Å². The van der Waals surface area contributed by atoms with Gasteiger partial charge in [0.2, 0.25) is 11.8 Å². The molecule has 0 spiro atoms. The molecular formula is C32H22N2O4. The Bertz CT molecular complexity index is 1820. The van der Waals surface area contributed by atoms with Crippen molar-refractivity contribution in [2.75, 3.05) is 0 Å². The number of aromatic nitrogens is 2. The van der Waals surface area contributed by atoms with Crippen LogP contribution in [0.25, 0.3) is 55.9 Å². The lowest BCUT2D eigenvalue weighted by Gasteiger charge is -2.10. The SMILES string of the molecule is C/C(=C(/C)c1ccc(-c2nc3ccccc3c(=O)o2)cc1)c1ccc(-c2nc3ccccc3c(=O)o2)cc1. The topological polar surface area (TPSA) is 86.2 Å². The molecule has 0 aliphatic heterocycles. The van der Waals surface area contributed by atoms with Crippen molar-refractivity contribution in [3.63, 3.8) is 0 Å². The smallest absolute Gasteiger partial charge is 0.347 e. The minimum absolute atomic E-state index is 0.295. The van der Waals surface area contributed by atoms with E-state index in [1.807, 2.05) is 60.7 Å². The Balaban J connectivity index is 1.28. The van der Waals surface area contributed by atoms with Gasteiger partial charge in [-0.3, -0.25) is 0 Å². The van der Waals surface area contributed by atoms with Crippen LogP contribution in [0.3, 0.4) is 0 Å². The Labute approximate surface area is 217 Å². The van der Waals surface area contributed by atoms with Crippen LogP contribution in [0.5, 0.6) is 0 Å². The number of hydrogen-bond donors (Lipinski definition) is 0. The summed E-state index contributed by atoms with van der Waals surface area (Å²) in [7, 11) is 0. The van der Waals surface area contributed by atoms with E-state index in [2.05, 4.69) is 23.8 Å². The van der Waals surface area contributed by atoms with E-state index >= 15 is 0 Å². The number of para-hydroxylation sites is 2. The molecule has 2 aromatic heterocycles. The number of fused-ring (bicyclic) bond motifs is 2. The Hall–Kier alpha value is -5.10. The van der Waals surface area contributed by atoms with Crippen molar-refractivity contribution in [1.82, 2.24) is 9.97 Å². The molecule has 6 rings (SSSR count). The third-order valence-electron chi connectivity index (χ3n) is 6.76. The second kappa shape index (κ2) is 9.41. The third kappa shape index (κ3) is 4.22. The summed E-state index contributed by atoms with van der Waals surface area (Å²) in [6.45, 7) is 4.13. The lowest BCUT2D eigenvalue weighted by molar-refractivity contribution is 0.518. The Morgan fingerprint density at radius 1 is 0.526 bits per heavy atom. The second-order valence-electron chi connectivity index (χ2n) is 9.05. The molecule has 6 aromatic rings. The number of rotatable bonds is 4. The highest BCUT2D eigenvalue weighted by Gasteiger charge is 2.11. The molecule has 2 heterocycles. The summed E-state index contributed by atoms with van der Waals surface area (Å²) in [6.07, 6.45) is 0. The van der Waals surface area contributed by atoms with Gasteiger partial charge in [-0.2, -0.15) is 0 Å². The van der Waals surface area contributed by atoms with Gasteiger partial charge in [-0.1, -0.05) is 48.5 Å². The average Bonchev–Trinajstić information content (AvgIpc) is 2.96. The molecule has 0 unspecified atom stereocenters. The van der Waals surface area contributed by atoms with Gasteiger partial charge >= 0.3 is 11.3 Å². The standard InChI is InChI=1S/C32H22N2O4/c1-19(21-11-15-23(16-12-21)29-33-27-9-5-3-7-25(27)31(35)37-29)20(2)22-13-17-24(18-14-22)30-34-28-10-6-4-8-26(28)32(36)38-30/h3-18H,1-2H3/b20-19+. The molecule has 0 aliphatic carbocycles. The van der Waals surface area contributed by atoms with E-state index in [9.17, 15) is 9.59 Å². The summed E-state index contributed by atoms with van der Waals surface area (Å²) >= 11 is 0. The monoisotopic (exact) mass is 498 g/mol. The third-order valence-corrected chi connectivity index (χ3v) is 6.76. The zero-order valence-corrected chi connectivity index (χ0v) is 20.8. The summed E-state index contributed by atoms with van der Waals surface area (Å²) in [5.41, 5.74) is 6.17. The summed E-state index contributed by atoms with van der Waals surface area (Å²) in [6, 6.07) is 29.9. The fourth-order valence-corrected chi connectivity index (χ4v) is 4.44. The number of nitrogens with zero attached hydrogens (tertiary/aromatic N) is 2. The maximum absolute atomic E-state index is 12.3. The van der Waals surface area contributed by atoms with E-state index < -0.39 is 11.3 Å². The Morgan fingerprint density at radius 3 is 1.29 bits per heavy atom. The van der Waals surface area contributed by atoms with Crippen LogP contribution < -0.4 is 11.3 Å². The van der Waals surface area contributed by atoms with E-state index in [1.54, 1.807) is 36.4 Å². The molecule has 0 radical (unpaired) electrons. The zero-order chi connectivity index (χ0) is 26.2. The highest BCUT2D eigenvalue weighted by atomic mass is 16.4. The molecular weight excluding hydrogens is 476 g/mol. The van der Waals surface area contributed by atoms with Crippen molar-refractivity contribution in [2.45, 2.75) is 13.8 Å². The van der Waals surface area contributed by atoms with Gasteiger partial charge in [0.1, 0.15) is 0 Å². The first kappa shape index (κ1) is 23.3. The molecule has 0 bridgehead atoms. The molecule has 0 N–H and O–H groups in total. The van der Waals surface area contributed by atoms with Crippen molar-refractivity contribution in [1.29, 1.82) is 0 Å². The normalized spacial score (nSPS) is 12.1. The predicted molar refractivity (Wildman–Crippen MR) is 150 cm³/mol. The van der Waals surface area contributed by atoms with E-state index in [0.717, 1.165) is 33.4 Å². The van der Waals surface area contributed by atoms with E-state index in [0.29, 0.717) is 33.6 Å². The van der Waals surface area contributed by atoms with Crippen LogP contribution in [-0.4, -0.2) is 9.97 Å². The van der Waals surface area contributed by atoms with Crippen molar-refractivity contribution >= 4 is 33.0 Å². The van der Waals surface area contributed by atoms with Crippen LogP contribution in [0.2, 0.25) is 0 Å². The average molecular weight is 499 g/mol. The van der Waals surface area contributed by atoms with Crippen molar-refractivity contribution in [2.24, 2.45) is 0 Å². The summed E-state index contributed by atoms with van der Waals surface area (Å²) in [4.78, 5) is 33.7. The fraction of sp³-hybridized carbons (Fsp3) is 0.0625. The maximum atomic E-state index is 12.3. The van der Waals surface area contributed by atoms with Gasteiger partial charge in [0, 0.05) is 11.1 Å². The molecule has 0 saturated carbocycles. The summed E-state index contributed by atoms with van der Waals surface area (Å²) in [5, 5.41) is 0.929. The van der Waals surface area contributed by atoms with Crippen LogP contribution in [0.4, 0.5) is 0 Å². The van der Waals surface area contributed by atoms with E-state index in [4.69, 9.17) is 8.83 Å². The quantitative estimate of drug-likeness (QED) is 0.244. The first-order valence-corrected chi connectivity index (χ1v) is 12.2. The van der Waals surface area contributed by atoms with Crippen LogP contribution in [0, 0.1) is 0 Å². The number of hydrogen-bond acceptors (Lipinski definition) is 6. The van der Waals surface area contributed by atoms with Gasteiger partial charge in [0.15, 0.2) is 0 Å². The van der Waals surface area contributed by atoms with Gasteiger partial charge in [0.05, 0.1) is 21.8 Å². The molecule has 38 heavy (non-hydrogen) atoms. The van der Waals surface area contributed by atoms with Gasteiger partial charge in [-0.25, -0.2) is 19.6 Å². The van der Waals surface area contributed by atoms with E-state index in [1.165, 1.54) is 0 Å². The van der Waals surface area contributed by atoms with Gasteiger partial charge in [-0.05, 0) is 84.7 Å². The van der Waals surface area contributed by atoms with Crippen LogP contribution in [0.1, 0.15) is 25.0 Å². The largest absolute Gasteiger partial charge is 0.403 e. The molecule has 0 atom stereocenters. The minimum Gasteiger partial charge on any atom is -0.403 e. The lowest BCUT2D eigenvalue weighted by atomic mass is 9.95. The van der Waals surface area contributed by atoms with Crippen molar-refractivity contribution in [3.05, 3.63) is 129 Å². The molecule has 0 amide bonds. The van der Waals surface area contributed by atoms with Gasteiger partial charge < -0.3 is 8.83 Å². The van der Waals surface area contributed by atoms with Crippen molar-refractivity contribution < 1.29 is 8.83 Å². The first-order valence-electron chi connectivity index (χ1n) is 12.2. The molecule has 0 aliphatic rings. The molecule has 4 aromatic carbocycles. The van der Waals surface area contributed by atoms with Gasteiger partial charge in [0.25, 0.3) is 0 Å². The van der Waals surface area contributed by atoms with Gasteiger partial charge in [-0.15, -0.1) is 0 Å². The van der Waals surface area contributed by atoms with Crippen LogP contribution in [0.15, 0.2) is 115 Å². The number of benzene rings is 4. The molecule has 184 valence electrons. The van der Waals surface area contributed by atoms with E-state index in [-0.39, 0.29) is 0 Å². The predicted octanol–water partition coefficient (Wildman–Crippen LogP) is 6.97. The molecule has 0 saturated heterocycles. The highest BCUT2D eigenvalue weighted by molar-refractivity contribution is 5.89. The fourth-order valence-electron chi connectivity index (χ4n) is 4.44.